The molecule has 2 aromatic carbocycles. The van der Waals surface area contributed by atoms with Crippen molar-refractivity contribution in [3.05, 3.63) is 71.7 Å². The van der Waals surface area contributed by atoms with Gasteiger partial charge in [0.15, 0.2) is 5.69 Å². The van der Waals surface area contributed by atoms with Crippen molar-refractivity contribution < 1.29 is 14.7 Å². The van der Waals surface area contributed by atoms with Gasteiger partial charge in [-0.15, -0.1) is 0 Å². The van der Waals surface area contributed by atoms with Gasteiger partial charge in [-0.05, 0) is 61.1 Å². The van der Waals surface area contributed by atoms with Gasteiger partial charge < -0.3 is 10.4 Å². The van der Waals surface area contributed by atoms with E-state index in [1.807, 2.05) is 42.1 Å². The quantitative estimate of drug-likeness (QED) is 0.432. The zero-order chi connectivity index (χ0) is 24.2. The molecule has 2 aliphatic carbocycles. The van der Waals surface area contributed by atoms with E-state index in [1.54, 1.807) is 0 Å². The van der Waals surface area contributed by atoms with Crippen molar-refractivity contribution in [1.29, 1.82) is 0 Å². The third-order valence-corrected chi connectivity index (χ3v) is 7.84. The van der Waals surface area contributed by atoms with E-state index in [0.717, 1.165) is 58.6 Å². The van der Waals surface area contributed by atoms with Crippen LogP contribution >= 0.6 is 0 Å². The van der Waals surface area contributed by atoms with Gasteiger partial charge in [0.25, 0.3) is 5.91 Å². The number of carbonyl (C=O) groups excluding carboxylic acids is 1. The number of amides is 1. The second-order valence-corrected chi connectivity index (χ2v) is 10.2. The van der Waals surface area contributed by atoms with Crippen LogP contribution in [0.25, 0.3) is 21.7 Å². The normalized spacial score (nSPS) is 23.2. The van der Waals surface area contributed by atoms with E-state index >= 15 is 0 Å². The highest BCUT2D eigenvalue weighted by atomic mass is 16.4. The molecule has 2 heterocycles. The lowest BCUT2D eigenvalue weighted by atomic mass is 9.50. The lowest BCUT2D eigenvalue weighted by molar-refractivity contribution is -0.155. The number of aliphatic carboxylic acids is 1. The van der Waals surface area contributed by atoms with Gasteiger partial charge >= 0.3 is 5.97 Å². The minimum Gasteiger partial charge on any atom is -0.481 e. The second kappa shape index (κ2) is 8.18. The van der Waals surface area contributed by atoms with Crippen molar-refractivity contribution in [1.82, 2.24) is 20.1 Å². The highest BCUT2D eigenvalue weighted by Gasteiger charge is 2.55. The smallest absolute Gasteiger partial charge is 0.306 e. The average Bonchev–Trinajstić information content (AvgIpc) is 3.19. The molecule has 0 aliphatic heterocycles. The molecule has 2 N–H and O–H groups in total. The van der Waals surface area contributed by atoms with Crippen LogP contribution in [0, 0.1) is 11.3 Å². The fourth-order valence-electron chi connectivity index (χ4n) is 6.10. The summed E-state index contributed by atoms with van der Waals surface area (Å²) in [7, 11) is 0. The molecule has 0 unspecified atom stereocenters. The number of benzene rings is 2. The Morgan fingerprint density at radius 3 is 2.60 bits per heavy atom. The first-order valence-corrected chi connectivity index (χ1v) is 12.3. The predicted molar refractivity (Wildman–Crippen MR) is 133 cm³/mol. The SMILES string of the molecule is CCn1nc(C(=O)NC2CC3(C2)CC(C(=O)O)C3)c2c(Cc3cc4ccccc4cn3)cccc21. The van der Waals surface area contributed by atoms with Gasteiger partial charge in [0.05, 0.1) is 11.4 Å². The van der Waals surface area contributed by atoms with Crippen molar-refractivity contribution >= 4 is 33.6 Å². The van der Waals surface area contributed by atoms with Crippen LogP contribution in [0.4, 0.5) is 0 Å². The fraction of sp³-hybridized carbons (Fsp3) is 0.357. The van der Waals surface area contributed by atoms with E-state index in [-0.39, 0.29) is 23.3 Å². The van der Waals surface area contributed by atoms with Gasteiger partial charge in [-0.25, -0.2) is 0 Å². The molecule has 2 aliphatic rings. The third-order valence-electron chi connectivity index (χ3n) is 7.84. The lowest BCUT2D eigenvalue weighted by Gasteiger charge is -2.56. The number of carboxylic acids is 1. The van der Waals surface area contributed by atoms with E-state index < -0.39 is 5.97 Å². The summed E-state index contributed by atoms with van der Waals surface area (Å²) < 4.78 is 1.88. The Morgan fingerprint density at radius 2 is 1.86 bits per heavy atom. The number of nitrogens with one attached hydrogen (secondary N) is 1. The Labute approximate surface area is 203 Å². The standard InChI is InChI=1S/C28H28N4O3/c1-2-32-23-9-5-8-18(11-21-10-17-6-3-4-7-19(17)16-29-21)24(23)25(31-32)26(33)30-22-14-28(15-22)12-20(13-28)27(34)35/h3-10,16,20,22H,2,11-15H2,1H3,(H,30,33)(H,34,35). The van der Waals surface area contributed by atoms with Gasteiger partial charge in [-0.1, -0.05) is 36.4 Å². The van der Waals surface area contributed by atoms with Gasteiger partial charge in [-0.3, -0.25) is 19.3 Å². The van der Waals surface area contributed by atoms with Crippen LogP contribution in [-0.2, 0) is 17.8 Å². The molecule has 2 saturated carbocycles. The number of hydrogen-bond acceptors (Lipinski definition) is 4. The number of aryl methyl sites for hydroxylation is 1. The maximum atomic E-state index is 13.4. The Bertz CT molecular complexity index is 1460. The van der Waals surface area contributed by atoms with Crippen LogP contribution in [0.15, 0.2) is 54.7 Å². The summed E-state index contributed by atoms with van der Waals surface area (Å²) >= 11 is 0. The molecule has 2 aromatic heterocycles. The van der Waals surface area contributed by atoms with Crippen LogP contribution in [0.1, 0.15) is 54.4 Å². The molecule has 7 heteroatoms. The molecule has 6 rings (SSSR count). The van der Waals surface area contributed by atoms with Crippen molar-refractivity contribution in [2.75, 3.05) is 0 Å². The molecule has 7 nitrogen and oxygen atoms in total. The second-order valence-electron chi connectivity index (χ2n) is 10.2. The molecule has 0 atom stereocenters. The molecular formula is C28H28N4O3. The summed E-state index contributed by atoms with van der Waals surface area (Å²) in [6.07, 6.45) is 5.66. The van der Waals surface area contributed by atoms with Gasteiger partial charge in [0.2, 0.25) is 0 Å². The van der Waals surface area contributed by atoms with Gasteiger partial charge in [-0.2, -0.15) is 5.10 Å². The molecule has 0 radical (unpaired) electrons. The van der Waals surface area contributed by atoms with E-state index in [2.05, 4.69) is 39.7 Å². The first kappa shape index (κ1) is 21.8. The maximum Gasteiger partial charge on any atom is 0.306 e. The number of nitrogens with zero attached hydrogens (tertiary/aromatic N) is 3. The largest absolute Gasteiger partial charge is 0.481 e. The molecule has 1 amide bonds. The van der Waals surface area contributed by atoms with Crippen LogP contribution in [0.5, 0.6) is 0 Å². The first-order chi connectivity index (χ1) is 16.9. The topological polar surface area (TPSA) is 97.1 Å². The van der Waals surface area contributed by atoms with E-state index in [4.69, 9.17) is 0 Å². The van der Waals surface area contributed by atoms with Crippen molar-refractivity contribution in [3.63, 3.8) is 0 Å². The number of fused-ring (bicyclic) bond motifs is 2. The molecule has 35 heavy (non-hydrogen) atoms. The fourth-order valence-corrected chi connectivity index (χ4v) is 6.10. The van der Waals surface area contributed by atoms with Crippen LogP contribution < -0.4 is 5.32 Å². The van der Waals surface area contributed by atoms with Crippen LogP contribution in [-0.4, -0.2) is 37.8 Å². The van der Waals surface area contributed by atoms with Crippen LogP contribution in [0.2, 0.25) is 0 Å². The molecule has 1 spiro atoms. The predicted octanol–water partition coefficient (Wildman–Crippen LogP) is 4.57. The third kappa shape index (κ3) is 3.75. The number of rotatable bonds is 6. The lowest BCUT2D eigenvalue weighted by Crippen LogP contribution is -2.57. The minimum absolute atomic E-state index is 0.0772. The molecule has 0 bridgehead atoms. The Hall–Kier alpha value is -3.74. The number of hydrogen-bond donors (Lipinski definition) is 2. The Kier molecular flexibility index (Phi) is 5.09. The Morgan fingerprint density at radius 1 is 1.09 bits per heavy atom. The summed E-state index contributed by atoms with van der Waals surface area (Å²) in [5, 5.41) is 20.2. The number of aromatic nitrogens is 3. The highest BCUT2D eigenvalue weighted by molar-refractivity contribution is 6.06. The molecule has 2 fully saturated rings. The summed E-state index contributed by atoms with van der Waals surface area (Å²) in [5.41, 5.74) is 3.49. The number of pyridine rings is 1. The van der Waals surface area contributed by atoms with E-state index in [9.17, 15) is 14.7 Å². The average molecular weight is 469 g/mol. The highest BCUT2D eigenvalue weighted by Crippen LogP contribution is 2.58. The van der Waals surface area contributed by atoms with Gasteiger partial charge in [0.1, 0.15) is 0 Å². The monoisotopic (exact) mass is 468 g/mol. The molecule has 178 valence electrons. The van der Waals surface area contributed by atoms with Crippen molar-refractivity contribution in [2.24, 2.45) is 11.3 Å². The van der Waals surface area contributed by atoms with Crippen molar-refractivity contribution in [2.45, 2.75) is 51.6 Å². The van der Waals surface area contributed by atoms with E-state index in [0.29, 0.717) is 18.7 Å². The van der Waals surface area contributed by atoms with Gasteiger partial charge in [0, 0.05) is 41.7 Å². The zero-order valence-corrected chi connectivity index (χ0v) is 19.7. The van der Waals surface area contributed by atoms with Crippen LogP contribution in [0.3, 0.4) is 0 Å². The Balaban J connectivity index is 1.26. The summed E-state index contributed by atoms with van der Waals surface area (Å²) in [6.45, 7) is 2.70. The number of carbonyl (C=O) groups is 2. The van der Waals surface area contributed by atoms with E-state index in [1.165, 1.54) is 0 Å². The maximum absolute atomic E-state index is 13.4. The number of carboxylic acid groups (broad SMARTS) is 1. The summed E-state index contributed by atoms with van der Waals surface area (Å²) in [4.78, 5) is 29.2. The summed E-state index contributed by atoms with van der Waals surface area (Å²) in [5.74, 6) is -1.08. The summed E-state index contributed by atoms with van der Waals surface area (Å²) in [6, 6.07) is 16.4. The molecule has 0 saturated heterocycles. The molecule has 4 aromatic rings. The first-order valence-electron chi connectivity index (χ1n) is 12.3. The minimum atomic E-state index is -0.701. The molecular weight excluding hydrogens is 440 g/mol. The van der Waals surface area contributed by atoms with Crippen molar-refractivity contribution in [3.8, 4) is 0 Å². The zero-order valence-electron chi connectivity index (χ0n) is 19.7.